The number of hydrogen-bond donors (Lipinski definition) is 3. The molecule has 0 aliphatic heterocycles. The second-order valence-corrected chi connectivity index (χ2v) is 4.38. The number of rotatable bonds is 6. The molecule has 7 heteroatoms. The van der Waals surface area contributed by atoms with E-state index in [-0.39, 0.29) is 18.5 Å². The summed E-state index contributed by atoms with van der Waals surface area (Å²) in [7, 11) is 1.53. The van der Waals surface area contributed by atoms with Crippen LogP contribution in [0.1, 0.15) is 5.76 Å². The van der Waals surface area contributed by atoms with Gasteiger partial charge in [-0.15, -0.1) is 0 Å². The number of likely N-dealkylation sites (N-methyl/N-ethyl adjacent to an activating group) is 1. The minimum Gasteiger partial charge on any atom is -0.484 e. The third-order valence-corrected chi connectivity index (χ3v) is 2.74. The summed E-state index contributed by atoms with van der Waals surface area (Å²) < 4.78 is 10.4. The van der Waals surface area contributed by atoms with E-state index in [0.29, 0.717) is 23.7 Å². The van der Waals surface area contributed by atoms with Crippen LogP contribution in [-0.2, 0) is 11.3 Å². The lowest BCUT2D eigenvalue weighted by Crippen LogP contribution is -2.28. The first kappa shape index (κ1) is 15.4. The van der Waals surface area contributed by atoms with E-state index in [9.17, 15) is 9.59 Å². The first-order valence-electron chi connectivity index (χ1n) is 6.68. The molecule has 0 saturated carbocycles. The van der Waals surface area contributed by atoms with Crippen LogP contribution in [0.4, 0.5) is 10.5 Å². The van der Waals surface area contributed by atoms with Crippen molar-refractivity contribution in [1.29, 1.82) is 0 Å². The maximum absolute atomic E-state index is 11.8. The van der Waals surface area contributed by atoms with Crippen molar-refractivity contribution in [3.63, 3.8) is 0 Å². The highest BCUT2D eigenvalue weighted by atomic mass is 16.5. The molecular weight excluding hydrogens is 286 g/mol. The molecule has 2 aromatic rings. The SMILES string of the molecule is CNC(=O)COc1cccc(NC(=O)NCc2ccco2)c1. The van der Waals surface area contributed by atoms with Gasteiger partial charge in [0.05, 0.1) is 12.8 Å². The van der Waals surface area contributed by atoms with Gasteiger partial charge in [-0.1, -0.05) is 6.07 Å². The Morgan fingerprint density at radius 2 is 2.09 bits per heavy atom. The van der Waals surface area contributed by atoms with Crippen molar-refractivity contribution < 1.29 is 18.7 Å². The van der Waals surface area contributed by atoms with Gasteiger partial charge < -0.3 is 25.1 Å². The van der Waals surface area contributed by atoms with Crippen LogP contribution in [0.2, 0.25) is 0 Å². The van der Waals surface area contributed by atoms with Crippen molar-refractivity contribution in [1.82, 2.24) is 10.6 Å². The minimum atomic E-state index is -0.361. The molecule has 2 rings (SSSR count). The molecular formula is C15H17N3O4. The van der Waals surface area contributed by atoms with Crippen LogP contribution in [0.15, 0.2) is 47.1 Å². The normalized spacial score (nSPS) is 9.86. The van der Waals surface area contributed by atoms with Crippen LogP contribution in [0.25, 0.3) is 0 Å². The number of carbonyl (C=O) groups is 2. The zero-order valence-corrected chi connectivity index (χ0v) is 12.1. The number of amides is 3. The summed E-state index contributed by atoms with van der Waals surface area (Å²) in [5.74, 6) is 0.930. The van der Waals surface area contributed by atoms with Crippen molar-refractivity contribution in [2.45, 2.75) is 6.54 Å². The fourth-order valence-electron chi connectivity index (χ4n) is 1.64. The summed E-state index contributed by atoms with van der Waals surface area (Å²) >= 11 is 0. The molecule has 0 aliphatic carbocycles. The standard InChI is InChI=1S/C15H17N3O4/c1-16-14(19)10-22-12-5-2-4-11(8-12)18-15(20)17-9-13-6-3-7-21-13/h2-8H,9-10H2,1H3,(H,16,19)(H2,17,18,20). The highest BCUT2D eigenvalue weighted by molar-refractivity contribution is 5.89. The number of urea groups is 1. The Morgan fingerprint density at radius 1 is 1.23 bits per heavy atom. The van der Waals surface area contributed by atoms with Crippen molar-refractivity contribution in [3.8, 4) is 5.75 Å². The Kier molecular flexibility index (Phi) is 5.42. The quantitative estimate of drug-likeness (QED) is 0.757. The Bertz CT molecular complexity index is 625. The van der Waals surface area contributed by atoms with Gasteiger partial charge in [0.15, 0.2) is 6.61 Å². The van der Waals surface area contributed by atoms with Gasteiger partial charge in [-0.2, -0.15) is 0 Å². The summed E-state index contributed by atoms with van der Waals surface area (Å²) in [4.78, 5) is 22.9. The Labute approximate surface area is 127 Å². The first-order valence-corrected chi connectivity index (χ1v) is 6.68. The number of anilines is 1. The van der Waals surface area contributed by atoms with E-state index < -0.39 is 0 Å². The van der Waals surface area contributed by atoms with Gasteiger partial charge in [0.1, 0.15) is 11.5 Å². The average molecular weight is 303 g/mol. The van der Waals surface area contributed by atoms with Crippen LogP contribution >= 0.6 is 0 Å². The zero-order chi connectivity index (χ0) is 15.8. The molecule has 116 valence electrons. The molecule has 0 atom stereocenters. The van der Waals surface area contributed by atoms with E-state index in [1.54, 1.807) is 42.7 Å². The predicted octanol–water partition coefficient (Wildman–Crippen LogP) is 1.73. The van der Waals surface area contributed by atoms with Crippen LogP contribution in [0.5, 0.6) is 5.75 Å². The van der Waals surface area contributed by atoms with Gasteiger partial charge in [0, 0.05) is 18.8 Å². The largest absolute Gasteiger partial charge is 0.484 e. The van der Waals surface area contributed by atoms with Crippen molar-refractivity contribution in [2.24, 2.45) is 0 Å². The van der Waals surface area contributed by atoms with Gasteiger partial charge in [0.2, 0.25) is 0 Å². The minimum absolute atomic E-state index is 0.0787. The highest BCUT2D eigenvalue weighted by Crippen LogP contribution is 2.17. The summed E-state index contributed by atoms with van der Waals surface area (Å²) in [5, 5.41) is 7.80. The molecule has 0 spiro atoms. The lowest BCUT2D eigenvalue weighted by Gasteiger charge is -2.09. The molecule has 0 aliphatic rings. The third kappa shape index (κ3) is 4.86. The molecule has 1 aromatic carbocycles. The van der Waals surface area contributed by atoms with Crippen molar-refractivity contribution in [2.75, 3.05) is 19.0 Å². The summed E-state index contributed by atoms with van der Waals surface area (Å²) in [6.45, 7) is 0.219. The van der Waals surface area contributed by atoms with Crippen molar-refractivity contribution in [3.05, 3.63) is 48.4 Å². The molecule has 0 bridgehead atoms. The number of hydrogen-bond acceptors (Lipinski definition) is 4. The van der Waals surface area contributed by atoms with E-state index in [0.717, 1.165) is 0 Å². The molecule has 22 heavy (non-hydrogen) atoms. The fraction of sp³-hybridized carbons (Fsp3) is 0.200. The molecule has 1 heterocycles. The van der Waals surface area contributed by atoms with Gasteiger partial charge in [-0.05, 0) is 24.3 Å². The van der Waals surface area contributed by atoms with Crippen LogP contribution in [0, 0.1) is 0 Å². The lowest BCUT2D eigenvalue weighted by atomic mass is 10.3. The summed E-state index contributed by atoms with van der Waals surface area (Å²) in [6, 6.07) is 9.94. The molecule has 0 fully saturated rings. The molecule has 0 unspecified atom stereocenters. The topological polar surface area (TPSA) is 92.6 Å². The number of benzene rings is 1. The van der Waals surface area contributed by atoms with E-state index in [1.165, 1.54) is 7.05 Å². The number of nitrogens with one attached hydrogen (secondary N) is 3. The monoisotopic (exact) mass is 303 g/mol. The smallest absolute Gasteiger partial charge is 0.319 e. The third-order valence-electron chi connectivity index (χ3n) is 2.74. The van der Waals surface area contributed by atoms with E-state index in [4.69, 9.17) is 9.15 Å². The number of ether oxygens (including phenoxy) is 1. The van der Waals surface area contributed by atoms with Crippen LogP contribution in [-0.4, -0.2) is 25.6 Å². The molecule has 7 nitrogen and oxygen atoms in total. The molecule has 3 N–H and O–H groups in total. The maximum Gasteiger partial charge on any atom is 0.319 e. The first-order chi connectivity index (χ1) is 10.7. The van der Waals surface area contributed by atoms with Crippen molar-refractivity contribution >= 4 is 17.6 Å². The van der Waals surface area contributed by atoms with Crippen LogP contribution < -0.4 is 20.7 Å². The molecule has 0 saturated heterocycles. The van der Waals surface area contributed by atoms with Gasteiger partial charge in [-0.25, -0.2) is 4.79 Å². The number of carbonyl (C=O) groups excluding carboxylic acids is 2. The highest BCUT2D eigenvalue weighted by Gasteiger charge is 2.05. The van der Waals surface area contributed by atoms with E-state index in [2.05, 4.69) is 16.0 Å². The lowest BCUT2D eigenvalue weighted by molar-refractivity contribution is -0.122. The second kappa shape index (κ2) is 7.72. The average Bonchev–Trinajstić information content (AvgIpc) is 3.04. The summed E-state index contributed by atoms with van der Waals surface area (Å²) in [6.07, 6.45) is 1.54. The number of furan rings is 1. The van der Waals surface area contributed by atoms with Gasteiger partial charge in [0.25, 0.3) is 5.91 Å². The Balaban J connectivity index is 1.84. The van der Waals surface area contributed by atoms with Gasteiger partial charge in [-0.3, -0.25) is 4.79 Å². The second-order valence-electron chi connectivity index (χ2n) is 4.38. The fourth-order valence-corrected chi connectivity index (χ4v) is 1.64. The van der Waals surface area contributed by atoms with Gasteiger partial charge >= 0.3 is 6.03 Å². The molecule has 0 radical (unpaired) electrons. The molecule has 1 aromatic heterocycles. The predicted molar refractivity (Wildman–Crippen MR) is 80.6 cm³/mol. The van der Waals surface area contributed by atoms with E-state index >= 15 is 0 Å². The Hall–Kier alpha value is -2.96. The molecule has 3 amide bonds. The summed E-state index contributed by atoms with van der Waals surface area (Å²) in [5.41, 5.74) is 0.561. The Morgan fingerprint density at radius 3 is 2.82 bits per heavy atom. The van der Waals surface area contributed by atoms with Crippen LogP contribution in [0.3, 0.4) is 0 Å². The zero-order valence-electron chi connectivity index (χ0n) is 12.1. The maximum atomic E-state index is 11.8. The van der Waals surface area contributed by atoms with E-state index in [1.807, 2.05) is 0 Å².